The van der Waals surface area contributed by atoms with Crippen LogP contribution in [0, 0.1) is 0 Å². The molecule has 1 fully saturated rings. The number of halogens is 2. The molecule has 2 heterocycles. The first-order chi connectivity index (χ1) is 10.7. The van der Waals surface area contributed by atoms with Gasteiger partial charge in [-0.2, -0.15) is 8.42 Å². The number of rotatable bonds is 3. The molecule has 0 radical (unpaired) electrons. The third-order valence-electron chi connectivity index (χ3n) is 3.84. The van der Waals surface area contributed by atoms with Crippen LogP contribution in [0.1, 0.15) is 18.4 Å². The van der Waals surface area contributed by atoms with Gasteiger partial charge in [0.1, 0.15) is 6.04 Å². The lowest BCUT2D eigenvalue weighted by Gasteiger charge is -2.31. The number of imide groups is 1. The minimum absolute atomic E-state index is 0.105. The predicted molar refractivity (Wildman–Crippen MR) is 82.0 cm³/mol. The molecule has 0 spiro atoms. The van der Waals surface area contributed by atoms with E-state index in [0.29, 0.717) is 35.1 Å². The van der Waals surface area contributed by atoms with Gasteiger partial charge in [0.15, 0.2) is 5.75 Å². The summed E-state index contributed by atoms with van der Waals surface area (Å²) in [5.41, 5.74) is 1.10. The van der Waals surface area contributed by atoms with Crippen LogP contribution in [-0.2, 0) is 26.5 Å². The van der Waals surface area contributed by atoms with Gasteiger partial charge in [-0.05, 0) is 25.0 Å². The third-order valence-corrected chi connectivity index (χ3v) is 4.67. The smallest absolute Gasteiger partial charge is 0.359 e. The van der Waals surface area contributed by atoms with Gasteiger partial charge in [-0.15, -0.1) is 0 Å². The van der Waals surface area contributed by atoms with Gasteiger partial charge in [0, 0.05) is 28.7 Å². The first-order valence-electron chi connectivity index (χ1n) is 6.81. The van der Waals surface area contributed by atoms with E-state index >= 15 is 0 Å². The molecule has 1 atom stereocenters. The topological polar surface area (TPSA) is 92.8 Å². The summed E-state index contributed by atoms with van der Waals surface area (Å²) in [6, 6.07) is 2.55. The number of piperidine rings is 1. The van der Waals surface area contributed by atoms with Crippen LogP contribution in [0.3, 0.4) is 0 Å². The Kier molecular flexibility index (Phi) is 4.05. The highest BCUT2D eigenvalue weighted by molar-refractivity contribution is 9.10. The summed E-state index contributed by atoms with van der Waals surface area (Å²) >= 11 is 3.22. The van der Waals surface area contributed by atoms with Crippen LogP contribution in [0.15, 0.2) is 16.6 Å². The van der Waals surface area contributed by atoms with Crippen molar-refractivity contribution < 1.29 is 26.1 Å². The maximum absolute atomic E-state index is 12.9. The molecule has 2 amide bonds. The summed E-state index contributed by atoms with van der Waals surface area (Å²) in [6.07, 6.45) is 1.01. The van der Waals surface area contributed by atoms with Crippen molar-refractivity contribution in [1.29, 1.82) is 0 Å². The van der Waals surface area contributed by atoms with Gasteiger partial charge < -0.3 is 9.08 Å². The second-order valence-electron chi connectivity index (χ2n) is 5.29. The van der Waals surface area contributed by atoms with Gasteiger partial charge >= 0.3 is 10.5 Å². The van der Waals surface area contributed by atoms with Crippen molar-refractivity contribution in [3.8, 4) is 5.75 Å². The standard InChI is InChI=1S/C13H12BrFN2O5S/c14-7-5-10-8(11(6-7)22-23(15,20)21)3-4-17(10)9-1-2-12(18)16-13(9)19/h5-6,9H,1-4H2,(H,16,18,19). The van der Waals surface area contributed by atoms with Gasteiger partial charge in [-0.3, -0.25) is 14.9 Å². The molecule has 23 heavy (non-hydrogen) atoms. The summed E-state index contributed by atoms with van der Waals surface area (Å²) in [7, 11) is -5.14. The van der Waals surface area contributed by atoms with Crippen molar-refractivity contribution in [3.63, 3.8) is 0 Å². The van der Waals surface area contributed by atoms with Crippen molar-refractivity contribution >= 4 is 43.9 Å². The number of hydrogen-bond acceptors (Lipinski definition) is 6. The molecule has 7 nitrogen and oxygen atoms in total. The zero-order chi connectivity index (χ0) is 16.8. The normalized spacial score (nSPS) is 21.1. The van der Waals surface area contributed by atoms with E-state index in [1.165, 1.54) is 6.07 Å². The highest BCUT2D eigenvalue weighted by atomic mass is 79.9. The van der Waals surface area contributed by atoms with Crippen LogP contribution >= 0.6 is 15.9 Å². The van der Waals surface area contributed by atoms with E-state index in [4.69, 9.17) is 0 Å². The minimum Gasteiger partial charge on any atom is -0.359 e. The van der Waals surface area contributed by atoms with Crippen LogP contribution in [0.4, 0.5) is 9.57 Å². The summed E-state index contributed by atoms with van der Waals surface area (Å²) in [4.78, 5) is 25.1. The molecule has 0 aromatic heterocycles. The van der Waals surface area contributed by atoms with E-state index in [2.05, 4.69) is 25.4 Å². The van der Waals surface area contributed by atoms with Gasteiger partial charge in [-0.1, -0.05) is 19.8 Å². The van der Waals surface area contributed by atoms with E-state index in [0.717, 1.165) is 0 Å². The van der Waals surface area contributed by atoms with Crippen molar-refractivity contribution in [2.45, 2.75) is 25.3 Å². The lowest BCUT2D eigenvalue weighted by molar-refractivity contribution is -0.134. The maximum Gasteiger partial charge on any atom is 0.488 e. The molecule has 1 saturated heterocycles. The Hall–Kier alpha value is -1.68. The summed E-state index contributed by atoms with van der Waals surface area (Å²) in [5, 5.41) is 2.29. The van der Waals surface area contributed by atoms with Crippen LogP contribution in [0.5, 0.6) is 5.75 Å². The van der Waals surface area contributed by atoms with Crippen LogP contribution in [-0.4, -0.2) is 32.8 Å². The van der Waals surface area contributed by atoms with E-state index in [1.807, 2.05) is 0 Å². The maximum atomic E-state index is 12.9. The fraction of sp³-hybridized carbons (Fsp3) is 0.385. The zero-order valence-corrected chi connectivity index (χ0v) is 14.1. The molecule has 2 aliphatic heterocycles. The minimum atomic E-state index is -5.14. The predicted octanol–water partition coefficient (Wildman–Crippen LogP) is 1.21. The van der Waals surface area contributed by atoms with Gasteiger partial charge in [0.05, 0.1) is 0 Å². The first-order valence-corrected chi connectivity index (χ1v) is 8.91. The van der Waals surface area contributed by atoms with E-state index < -0.39 is 22.5 Å². The first kappa shape index (κ1) is 16.2. The van der Waals surface area contributed by atoms with E-state index in [1.54, 1.807) is 11.0 Å². The third kappa shape index (κ3) is 3.32. The summed E-state index contributed by atoms with van der Waals surface area (Å²) in [5.74, 6) is -0.811. The molecule has 0 saturated carbocycles. The molecule has 1 aromatic carbocycles. The molecule has 1 aromatic rings. The Balaban J connectivity index is 1.97. The number of benzene rings is 1. The Bertz CT molecular complexity index is 798. The monoisotopic (exact) mass is 406 g/mol. The number of amides is 2. The van der Waals surface area contributed by atoms with Gasteiger partial charge in [0.2, 0.25) is 11.8 Å². The Morgan fingerprint density at radius 1 is 1.30 bits per heavy atom. The van der Waals surface area contributed by atoms with Gasteiger partial charge in [-0.25, -0.2) is 0 Å². The summed E-state index contributed by atoms with van der Waals surface area (Å²) < 4.78 is 39.3. The number of hydrogen-bond donors (Lipinski definition) is 1. The number of anilines is 1. The zero-order valence-electron chi connectivity index (χ0n) is 11.7. The molecule has 2 aliphatic rings. The second-order valence-corrected chi connectivity index (χ2v) is 7.16. The SMILES string of the molecule is O=C1CCC(N2CCc3c(OS(=O)(=O)F)cc(Br)cc32)C(=O)N1. The lowest BCUT2D eigenvalue weighted by atomic mass is 10.0. The number of fused-ring (bicyclic) bond motifs is 1. The Labute approximate surface area is 140 Å². The van der Waals surface area contributed by atoms with Crippen LogP contribution < -0.4 is 14.4 Å². The molecule has 3 rings (SSSR count). The van der Waals surface area contributed by atoms with Gasteiger partial charge in [0.25, 0.3) is 0 Å². The number of carbonyl (C=O) groups is 2. The van der Waals surface area contributed by atoms with E-state index in [-0.39, 0.29) is 18.1 Å². The number of nitrogens with zero attached hydrogens (tertiary/aromatic N) is 1. The Morgan fingerprint density at radius 3 is 2.70 bits per heavy atom. The average molecular weight is 407 g/mol. The largest absolute Gasteiger partial charge is 0.488 e. The van der Waals surface area contributed by atoms with Crippen molar-refractivity contribution in [2.24, 2.45) is 0 Å². The molecule has 124 valence electrons. The lowest BCUT2D eigenvalue weighted by Crippen LogP contribution is -2.52. The van der Waals surface area contributed by atoms with Crippen molar-refractivity contribution in [3.05, 3.63) is 22.2 Å². The van der Waals surface area contributed by atoms with Crippen LogP contribution in [0.25, 0.3) is 0 Å². The molecule has 1 unspecified atom stereocenters. The quantitative estimate of drug-likeness (QED) is 0.598. The number of carbonyl (C=O) groups excluding carboxylic acids is 2. The molecule has 0 bridgehead atoms. The summed E-state index contributed by atoms with van der Waals surface area (Å²) in [6.45, 7) is 0.445. The molecular weight excluding hydrogens is 395 g/mol. The fourth-order valence-corrected chi connectivity index (χ4v) is 3.73. The fourth-order valence-electron chi connectivity index (χ4n) is 2.94. The van der Waals surface area contributed by atoms with E-state index in [9.17, 15) is 21.9 Å². The van der Waals surface area contributed by atoms with Crippen LogP contribution in [0.2, 0.25) is 0 Å². The highest BCUT2D eigenvalue weighted by Gasteiger charge is 2.36. The molecule has 1 N–H and O–H groups in total. The average Bonchev–Trinajstić information content (AvgIpc) is 2.80. The molecular formula is C13H12BrFN2O5S. The van der Waals surface area contributed by atoms with Crippen molar-refractivity contribution in [2.75, 3.05) is 11.4 Å². The van der Waals surface area contributed by atoms with Crippen molar-refractivity contribution in [1.82, 2.24) is 5.32 Å². The molecule has 10 heteroatoms. The Morgan fingerprint density at radius 2 is 2.04 bits per heavy atom. The number of nitrogens with one attached hydrogen (secondary N) is 1. The second kappa shape index (κ2) is 5.75. The highest BCUT2D eigenvalue weighted by Crippen LogP contribution is 2.40. The molecule has 0 aliphatic carbocycles.